The summed E-state index contributed by atoms with van der Waals surface area (Å²) in [5, 5.41) is 0. The lowest BCUT2D eigenvalue weighted by molar-refractivity contribution is 0.133. The Labute approximate surface area is 81.7 Å². The van der Waals surface area contributed by atoms with Crippen molar-refractivity contribution in [3.8, 4) is 0 Å². The standard InChI is InChI=1S/C10H14O.C2H6/c1-3-11-8-10-7-5-4-6-9(10)2;1-2/h4-7H,3,8H2,1-2H3;1-2H3. The van der Waals surface area contributed by atoms with Crippen molar-refractivity contribution in [2.45, 2.75) is 34.3 Å². The van der Waals surface area contributed by atoms with Crippen molar-refractivity contribution in [1.29, 1.82) is 0 Å². The molecule has 0 radical (unpaired) electrons. The van der Waals surface area contributed by atoms with Crippen LogP contribution < -0.4 is 0 Å². The lowest BCUT2D eigenvalue weighted by Gasteiger charge is -2.03. The van der Waals surface area contributed by atoms with Gasteiger partial charge in [0.25, 0.3) is 0 Å². The Kier molecular flexibility index (Phi) is 7.32. The quantitative estimate of drug-likeness (QED) is 0.691. The third-order valence-corrected chi connectivity index (χ3v) is 1.72. The minimum atomic E-state index is 0.739. The fraction of sp³-hybridized carbons (Fsp3) is 0.500. The van der Waals surface area contributed by atoms with E-state index in [-0.39, 0.29) is 0 Å². The number of ether oxygens (including phenoxy) is 1. The van der Waals surface area contributed by atoms with Gasteiger partial charge < -0.3 is 4.74 Å². The highest BCUT2D eigenvalue weighted by atomic mass is 16.5. The largest absolute Gasteiger partial charge is 0.377 e. The molecule has 1 aromatic carbocycles. The zero-order valence-electron chi connectivity index (χ0n) is 9.13. The minimum Gasteiger partial charge on any atom is -0.377 e. The summed E-state index contributed by atoms with van der Waals surface area (Å²) in [6.45, 7) is 9.64. The van der Waals surface area contributed by atoms with E-state index < -0.39 is 0 Å². The van der Waals surface area contributed by atoms with Crippen LogP contribution in [0.1, 0.15) is 31.9 Å². The fourth-order valence-corrected chi connectivity index (χ4v) is 0.984. The highest BCUT2D eigenvalue weighted by Gasteiger charge is 1.94. The first-order chi connectivity index (χ1) is 6.34. The molecule has 74 valence electrons. The summed E-state index contributed by atoms with van der Waals surface area (Å²) in [5.74, 6) is 0. The topological polar surface area (TPSA) is 9.23 Å². The maximum atomic E-state index is 5.30. The van der Waals surface area contributed by atoms with E-state index in [1.165, 1.54) is 11.1 Å². The highest BCUT2D eigenvalue weighted by Crippen LogP contribution is 2.07. The average Bonchev–Trinajstić information content (AvgIpc) is 2.20. The molecule has 0 saturated heterocycles. The van der Waals surface area contributed by atoms with Gasteiger partial charge in [0.05, 0.1) is 6.61 Å². The number of aryl methyl sites for hydroxylation is 1. The Morgan fingerprint density at radius 3 is 2.31 bits per heavy atom. The monoisotopic (exact) mass is 180 g/mol. The molecule has 0 aliphatic rings. The smallest absolute Gasteiger partial charge is 0.0719 e. The van der Waals surface area contributed by atoms with E-state index in [9.17, 15) is 0 Å². The molecule has 0 atom stereocenters. The van der Waals surface area contributed by atoms with Crippen molar-refractivity contribution in [2.24, 2.45) is 0 Å². The summed E-state index contributed by atoms with van der Waals surface area (Å²) in [4.78, 5) is 0. The van der Waals surface area contributed by atoms with E-state index in [4.69, 9.17) is 4.74 Å². The Morgan fingerprint density at radius 1 is 1.15 bits per heavy atom. The molecule has 0 aliphatic carbocycles. The summed E-state index contributed by atoms with van der Waals surface area (Å²) in [6, 6.07) is 8.30. The SMILES string of the molecule is CC.CCOCc1ccccc1C. The van der Waals surface area contributed by atoms with E-state index in [0.29, 0.717) is 0 Å². The van der Waals surface area contributed by atoms with Crippen molar-refractivity contribution in [3.63, 3.8) is 0 Å². The summed E-state index contributed by atoms with van der Waals surface area (Å²) in [5.41, 5.74) is 2.59. The van der Waals surface area contributed by atoms with Crippen LogP contribution in [0.15, 0.2) is 24.3 Å². The van der Waals surface area contributed by atoms with E-state index in [0.717, 1.165) is 13.2 Å². The number of benzene rings is 1. The first-order valence-electron chi connectivity index (χ1n) is 4.97. The van der Waals surface area contributed by atoms with E-state index in [1.807, 2.05) is 32.9 Å². The molecule has 0 amide bonds. The first kappa shape index (κ1) is 12.2. The maximum Gasteiger partial charge on any atom is 0.0719 e. The molecule has 0 N–H and O–H groups in total. The van der Waals surface area contributed by atoms with Crippen molar-refractivity contribution in [3.05, 3.63) is 35.4 Å². The van der Waals surface area contributed by atoms with Crippen LogP contribution in [0.3, 0.4) is 0 Å². The van der Waals surface area contributed by atoms with Crippen LogP contribution in [0.5, 0.6) is 0 Å². The molecular weight excluding hydrogens is 160 g/mol. The van der Waals surface area contributed by atoms with Crippen LogP contribution in [0.2, 0.25) is 0 Å². The number of hydrogen-bond acceptors (Lipinski definition) is 1. The molecular formula is C12H20O. The molecule has 1 heteroatoms. The van der Waals surface area contributed by atoms with Gasteiger partial charge in [0.1, 0.15) is 0 Å². The summed E-state index contributed by atoms with van der Waals surface area (Å²) < 4.78 is 5.30. The number of hydrogen-bond donors (Lipinski definition) is 0. The molecule has 1 aromatic rings. The third-order valence-electron chi connectivity index (χ3n) is 1.72. The van der Waals surface area contributed by atoms with Gasteiger partial charge in [-0.15, -0.1) is 0 Å². The molecule has 0 bridgehead atoms. The Balaban J connectivity index is 0.000000671. The van der Waals surface area contributed by atoms with E-state index >= 15 is 0 Å². The summed E-state index contributed by atoms with van der Waals surface area (Å²) in [7, 11) is 0. The lowest BCUT2D eigenvalue weighted by atomic mass is 10.1. The van der Waals surface area contributed by atoms with E-state index in [2.05, 4.69) is 19.1 Å². The number of rotatable bonds is 3. The lowest BCUT2D eigenvalue weighted by Crippen LogP contribution is -1.93. The Morgan fingerprint density at radius 2 is 1.77 bits per heavy atom. The minimum absolute atomic E-state index is 0.739. The van der Waals surface area contributed by atoms with Crippen LogP contribution in [-0.2, 0) is 11.3 Å². The van der Waals surface area contributed by atoms with Gasteiger partial charge in [-0.2, -0.15) is 0 Å². The Hall–Kier alpha value is -0.820. The molecule has 1 nitrogen and oxygen atoms in total. The van der Waals surface area contributed by atoms with Crippen LogP contribution in [0.4, 0.5) is 0 Å². The van der Waals surface area contributed by atoms with Gasteiger partial charge in [-0.3, -0.25) is 0 Å². The van der Waals surface area contributed by atoms with Gasteiger partial charge in [0.15, 0.2) is 0 Å². The molecule has 0 spiro atoms. The molecule has 0 heterocycles. The predicted molar refractivity (Wildman–Crippen MR) is 57.9 cm³/mol. The first-order valence-corrected chi connectivity index (χ1v) is 4.97. The second-order valence-corrected chi connectivity index (χ2v) is 2.56. The van der Waals surface area contributed by atoms with Crippen LogP contribution in [0.25, 0.3) is 0 Å². The predicted octanol–water partition coefficient (Wildman–Crippen LogP) is 3.56. The second kappa shape index (κ2) is 7.81. The second-order valence-electron chi connectivity index (χ2n) is 2.56. The molecule has 0 aliphatic heterocycles. The summed E-state index contributed by atoms with van der Waals surface area (Å²) in [6.07, 6.45) is 0. The van der Waals surface area contributed by atoms with Crippen LogP contribution >= 0.6 is 0 Å². The van der Waals surface area contributed by atoms with Gasteiger partial charge in [-0.1, -0.05) is 38.1 Å². The average molecular weight is 180 g/mol. The summed E-state index contributed by atoms with van der Waals surface area (Å²) >= 11 is 0. The normalized spacial score (nSPS) is 8.92. The van der Waals surface area contributed by atoms with Crippen LogP contribution in [0, 0.1) is 6.92 Å². The molecule has 0 fully saturated rings. The Bertz CT molecular complexity index is 218. The van der Waals surface area contributed by atoms with Crippen molar-refractivity contribution in [2.75, 3.05) is 6.61 Å². The molecule has 1 rings (SSSR count). The van der Waals surface area contributed by atoms with Crippen molar-refractivity contribution < 1.29 is 4.74 Å². The molecule has 0 unspecified atom stereocenters. The van der Waals surface area contributed by atoms with Crippen molar-refractivity contribution in [1.82, 2.24) is 0 Å². The fourth-order valence-electron chi connectivity index (χ4n) is 0.984. The zero-order chi connectivity index (χ0) is 10.1. The van der Waals surface area contributed by atoms with Gasteiger partial charge in [0, 0.05) is 6.61 Å². The zero-order valence-corrected chi connectivity index (χ0v) is 9.13. The van der Waals surface area contributed by atoms with Gasteiger partial charge in [0.2, 0.25) is 0 Å². The van der Waals surface area contributed by atoms with Crippen molar-refractivity contribution >= 4 is 0 Å². The maximum absolute atomic E-state index is 5.30. The molecule has 0 aromatic heterocycles. The highest BCUT2D eigenvalue weighted by molar-refractivity contribution is 5.24. The van der Waals surface area contributed by atoms with Gasteiger partial charge in [-0.25, -0.2) is 0 Å². The van der Waals surface area contributed by atoms with Gasteiger partial charge in [-0.05, 0) is 25.0 Å². The molecule has 13 heavy (non-hydrogen) atoms. The van der Waals surface area contributed by atoms with Gasteiger partial charge >= 0.3 is 0 Å². The third kappa shape index (κ3) is 4.69. The van der Waals surface area contributed by atoms with E-state index in [1.54, 1.807) is 0 Å². The molecule has 0 saturated carbocycles. The van der Waals surface area contributed by atoms with Crippen LogP contribution in [-0.4, -0.2) is 6.61 Å².